The lowest BCUT2D eigenvalue weighted by Gasteiger charge is -2.26. The number of methoxy groups -OCH3 is 2. The molecule has 0 bridgehead atoms. The molecule has 1 aliphatic rings. The van der Waals surface area contributed by atoms with Gasteiger partial charge >= 0.3 is 5.97 Å². The quantitative estimate of drug-likeness (QED) is 0.707. The van der Waals surface area contributed by atoms with Crippen LogP contribution in [0.1, 0.15) is 39.7 Å². The number of carbonyl (C=O) groups excluding carboxylic acids is 2. The zero-order valence-electron chi connectivity index (χ0n) is 15.7. The molecular formula is C20H23NO5S. The van der Waals surface area contributed by atoms with Crippen molar-refractivity contribution in [2.24, 2.45) is 0 Å². The molecule has 2 heterocycles. The molecule has 0 N–H and O–H groups in total. The number of amides is 1. The van der Waals surface area contributed by atoms with E-state index < -0.39 is 5.97 Å². The van der Waals surface area contributed by atoms with Crippen LogP contribution in [0.5, 0.6) is 11.5 Å². The van der Waals surface area contributed by atoms with E-state index >= 15 is 0 Å². The second-order valence-electron chi connectivity index (χ2n) is 6.36. The summed E-state index contributed by atoms with van der Waals surface area (Å²) in [6.07, 6.45) is 1.71. The van der Waals surface area contributed by atoms with Gasteiger partial charge < -0.3 is 19.1 Å². The van der Waals surface area contributed by atoms with Crippen LogP contribution in [0.4, 0.5) is 0 Å². The second kappa shape index (κ2) is 8.43. The van der Waals surface area contributed by atoms with Crippen molar-refractivity contribution in [2.75, 3.05) is 27.4 Å². The van der Waals surface area contributed by atoms with Gasteiger partial charge in [-0.15, -0.1) is 11.3 Å². The maximum atomic E-state index is 12.7. The van der Waals surface area contributed by atoms with E-state index in [-0.39, 0.29) is 18.6 Å². The number of esters is 1. The Bertz CT molecular complexity index is 832. The second-order valence-corrected chi connectivity index (χ2v) is 7.28. The van der Waals surface area contributed by atoms with E-state index in [0.717, 1.165) is 24.0 Å². The lowest BCUT2D eigenvalue weighted by molar-refractivity contribution is -0.135. The number of ether oxygens (including phenoxy) is 3. The van der Waals surface area contributed by atoms with E-state index in [2.05, 4.69) is 0 Å². The molecule has 1 aliphatic heterocycles. The third-order valence-electron chi connectivity index (χ3n) is 4.74. The van der Waals surface area contributed by atoms with E-state index in [1.807, 2.05) is 36.6 Å². The maximum absolute atomic E-state index is 12.7. The normalized spacial score (nSPS) is 16.3. The van der Waals surface area contributed by atoms with Gasteiger partial charge in [-0.1, -0.05) is 0 Å². The van der Waals surface area contributed by atoms with Crippen molar-refractivity contribution in [2.45, 2.75) is 25.8 Å². The fraction of sp³-hybridized carbons (Fsp3) is 0.400. The van der Waals surface area contributed by atoms with E-state index in [0.29, 0.717) is 22.9 Å². The number of thiophene rings is 1. The zero-order valence-corrected chi connectivity index (χ0v) is 16.5. The molecule has 1 saturated heterocycles. The molecule has 1 amide bonds. The molecule has 3 rings (SSSR count). The highest BCUT2D eigenvalue weighted by Gasteiger charge is 2.32. The lowest BCUT2D eigenvalue weighted by Crippen LogP contribution is -2.34. The van der Waals surface area contributed by atoms with Gasteiger partial charge in [-0.2, -0.15) is 0 Å². The fourth-order valence-electron chi connectivity index (χ4n) is 3.35. The first kappa shape index (κ1) is 19.2. The van der Waals surface area contributed by atoms with Crippen LogP contribution in [0.3, 0.4) is 0 Å². The molecule has 0 radical (unpaired) electrons. The molecule has 6 nitrogen and oxygen atoms in total. The van der Waals surface area contributed by atoms with Crippen molar-refractivity contribution in [3.05, 3.63) is 45.6 Å². The monoisotopic (exact) mass is 389 g/mol. The summed E-state index contributed by atoms with van der Waals surface area (Å²) in [4.78, 5) is 27.2. The Hall–Kier alpha value is -2.54. The maximum Gasteiger partial charge on any atom is 0.349 e. The van der Waals surface area contributed by atoms with Crippen LogP contribution in [0.25, 0.3) is 0 Å². The minimum absolute atomic E-state index is 0.121. The molecule has 1 atom stereocenters. The van der Waals surface area contributed by atoms with Crippen LogP contribution in [0.15, 0.2) is 29.6 Å². The van der Waals surface area contributed by atoms with Crippen LogP contribution >= 0.6 is 11.3 Å². The first-order valence-electron chi connectivity index (χ1n) is 8.77. The number of nitrogens with zero attached hydrogens (tertiary/aromatic N) is 1. The molecule has 144 valence electrons. The highest BCUT2D eigenvalue weighted by molar-refractivity contribution is 7.12. The van der Waals surface area contributed by atoms with Crippen LogP contribution in [-0.2, 0) is 9.53 Å². The predicted octanol–water partition coefficient (Wildman–Crippen LogP) is 3.59. The van der Waals surface area contributed by atoms with Crippen molar-refractivity contribution in [1.29, 1.82) is 0 Å². The van der Waals surface area contributed by atoms with Gasteiger partial charge in [0.25, 0.3) is 5.91 Å². The predicted molar refractivity (Wildman–Crippen MR) is 103 cm³/mol. The number of carbonyl (C=O) groups is 2. The molecule has 0 aliphatic carbocycles. The van der Waals surface area contributed by atoms with Crippen LogP contribution < -0.4 is 9.47 Å². The smallest absolute Gasteiger partial charge is 0.349 e. The third kappa shape index (κ3) is 4.08. The highest BCUT2D eigenvalue weighted by atomic mass is 32.1. The summed E-state index contributed by atoms with van der Waals surface area (Å²) in [7, 11) is 3.22. The van der Waals surface area contributed by atoms with Gasteiger partial charge in [0, 0.05) is 12.1 Å². The van der Waals surface area contributed by atoms with E-state index in [1.54, 1.807) is 19.1 Å². The van der Waals surface area contributed by atoms with Gasteiger partial charge in [0.15, 0.2) is 6.61 Å². The Morgan fingerprint density at radius 3 is 2.70 bits per heavy atom. The molecule has 7 heteroatoms. The molecule has 0 saturated carbocycles. The highest BCUT2D eigenvalue weighted by Crippen LogP contribution is 2.38. The van der Waals surface area contributed by atoms with Gasteiger partial charge in [0.1, 0.15) is 16.4 Å². The summed E-state index contributed by atoms with van der Waals surface area (Å²) in [5, 5.41) is 1.83. The number of benzene rings is 1. The summed E-state index contributed by atoms with van der Waals surface area (Å²) in [6.45, 7) is 2.21. The van der Waals surface area contributed by atoms with Crippen molar-refractivity contribution in [3.63, 3.8) is 0 Å². The molecular weight excluding hydrogens is 366 g/mol. The van der Waals surface area contributed by atoms with Gasteiger partial charge in [0.2, 0.25) is 0 Å². The van der Waals surface area contributed by atoms with Crippen molar-refractivity contribution in [3.8, 4) is 11.5 Å². The Balaban J connectivity index is 1.71. The van der Waals surface area contributed by atoms with Gasteiger partial charge in [-0.3, -0.25) is 4.79 Å². The minimum atomic E-state index is -0.453. The van der Waals surface area contributed by atoms with Crippen LogP contribution in [0, 0.1) is 6.92 Å². The fourth-order valence-corrected chi connectivity index (χ4v) is 4.16. The Morgan fingerprint density at radius 1 is 1.22 bits per heavy atom. The molecule has 27 heavy (non-hydrogen) atoms. The van der Waals surface area contributed by atoms with Crippen LogP contribution in [0.2, 0.25) is 0 Å². The molecule has 1 fully saturated rings. The number of hydrogen-bond acceptors (Lipinski definition) is 6. The first-order valence-corrected chi connectivity index (χ1v) is 9.65. The summed E-state index contributed by atoms with van der Waals surface area (Å²) < 4.78 is 16.0. The number of rotatable bonds is 6. The van der Waals surface area contributed by atoms with Crippen LogP contribution in [-0.4, -0.2) is 44.1 Å². The Labute approximate surface area is 162 Å². The summed E-state index contributed by atoms with van der Waals surface area (Å²) >= 11 is 1.32. The third-order valence-corrected chi connectivity index (χ3v) is 5.74. The topological polar surface area (TPSA) is 65.1 Å². The molecule has 2 aromatic rings. The largest absolute Gasteiger partial charge is 0.497 e. The minimum Gasteiger partial charge on any atom is -0.497 e. The summed E-state index contributed by atoms with van der Waals surface area (Å²) in [5.41, 5.74) is 1.76. The van der Waals surface area contributed by atoms with Crippen molar-refractivity contribution < 1.29 is 23.8 Å². The molecule has 0 spiro atoms. The van der Waals surface area contributed by atoms with Gasteiger partial charge in [-0.05, 0) is 55.0 Å². The molecule has 0 unspecified atom stereocenters. The van der Waals surface area contributed by atoms with Crippen molar-refractivity contribution in [1.82, 2.24) is 4.90 Å². The van der Waals surface area contributed by atoms with Crippen molar-refractivity contribution >= 4 is 23.2 Å². The number of likely N-dealkylation sites (tertiary alicyclic amines) is 1. The molecule has 1 aromatic carbocycles. The summed E-state index contributed by atoms with van der Waals surface area (Å²) in [5.74, 6) is 0.770. The Kier molecular flexibility index (Phi) is 6.01. The SMILES string of the molecule is COc1ccc(OC)c([C@@H]2CCCN2C(=O)COC(=O)c2sccc2C)c1. The summed E-state index contributed by atoms with van der Waals surface area (Å²) in [6, 6.07) is 7.30. The molecule has 1 aromatic heterocycles. The van der Waals surface area contributed by atoms with E-state index in [9.17, 15) is 9.59 Å². The Morgan fingerprint density at radius 2 is 2.04 bits per heavy atom. The number of aryl methyl sites for hydroxylation is 1. The van der Waals surface area contributed by atoms with E-state index in [1.165, 1.54) is 11.3 Å². The zero-order chi connectivity index (χ0) is 19.4. The lowest BCUT2D eigenvalue weighted by atomic mass is 10.0. The van der Waals surface area contributed by atoms with Gasteiger partial charge in [-0.25, -0.2) is 4.79 Å². The average Bonchev–Trinajstić information content (AvgIpc) is 3.34. The average molecular weight is 389 g/mol. The van der Waals surface area contributed by atoms with E-state index in [4.69, 9.17) is 14.2 Å². The number of hydrogen-bond donors (Lipinski definition) is 0. The standard InChI is InChI=1S/C20H23NO5S/c1-13-8-10-27-19(13)20(23)26-12-18(22)21-9-4-5-16(21)15-11-14(24-2)6-7-17(15)25-3/h6-8,10-11,16H,4-5,9,12H2,1-3H3/t16-/m0/s1. The van der Waals surface area contributed by atoms with Gasteiger partial charge in [0.05, 0.1) is 20.3 Å². The first-order chi connectivity index (χ1) is 13.0.